The summed E-state index contributed by atoms with van der Waals surface area (Å²) in [4.78, 5) is 12.2. The zero-order chi connectivity index (χ0) is 23.8. The molecule has 0 spiro atoms. The van der Waals surface area contributed by atoms with E-state index in [0.29, 0.717) is 16.7 Å². The highest BCUT2D eigenvalue weighted by Gasteiger charge is 2.17. The van der Waals surface area contributed by atoms with Gasteiger partial charge in [0.05, 0.1) is 17.0 Å². The molecule has 0 bridgehead atoms. The van der Waals surface area contributed by atoms with Crippen LogP contribution in [0.2, 0.25) is 0 Å². The van der Waals surface area contributed by atoms with Gasteiger partial charge in [0, 0.05) is 12.1 Å². The molecule has 3 aromatic rings. The Kier molecular flexibility index (Phi) is 8.47. The van der Waals surface area contributed by atoms with Crippen LogP contribution in [0.4, 0.5) is 0 Å². The molecule has 8 heteroatoms. The minimum absolute atomic E-state index is 0.0926. The van der Waals surface area contributed by atoms with Crippen molar-refractivity contribution in [2.24, 2.45) is 5.10 Å². The fraction of sp³-hybridized carbons (Fsp3) is 0.280. The van der Waals surface area contributed by atoms with Gasteiger partial charge in [0.1, 0.15) is 0 Å². The second kappa shape index (κ2) is 11.3. The molecule has 0 fully saturated rings. The van der Waals surface area contributed by atoms with Gasteiger partial charge in [0.2, 0.25) is 0 Å². The number of hydrogen-bond donors (Lipinski definition) is 1. The average molecular weight is 482 g/mol. The number of rotatable bonds is 8. The fourth-order valence-corrected chi connectivity index (χ4v) is 4.06. The van der Waals surface area contributed by atoms with Gasteiger partial charge in [-0.15, -0.1) is 10.2 Å². The number of nitrogens with zero attached hydrogens (tertiary/aromatic N) is 4. The van der Waals surface area contributed by atoms with Gasteiger partial charge in [-0.2, -0.15) is 5.10 Å². The number of hydrazone groups is 1. The summed E-state index contributed by atoms with van der Waals surface area (Å²) in [6.45, 7) is 9.30. The fourth-order valence-electron chi connectivity index (χ4n) is 3.09. The zero-order valence-electron chi connectivity index (χ0n) is 19.2. The lowest BCUT2D eigenvalue weighted by molar-refractivity contribution is -0.118. The van der Waals surface area contributed by atoms with Crippen LogP contribution in [0.3, 0.4) is 0 Å². The Morgan fingerprint density at radius 1 is 1.12 bits per heavy atom. The lowest BCUT2D eigenvalue weighted by atomic mass is 9.87. The minimum Gasteiger partial charge on any atom is -0.302 e. The molecule has 2 aromatic carbocycles. The molecule has 0 saturated heterocycles. The van der Waals surface area contributed by atoms with Crippen LogP contribution in [-0.2, 0) is 16.8 Å². The highest BCUT2D eigenvalue weighted by molar-refractivity contribution is 7.99. The van der Waals surface area contributed by atoms with Crippen molar-refractivity contribution in [3.8, 4) is 11.4 Å². The largest absolute Gasteiger partial charge is 0.302 e. The van der Waals surface area contributed by atoms with Gasteiger partial charge < -0.3 is 4.57 Å². The van der Waals surface area contributed by atoms with Crippen LogP contribution in [0, 0.1) is 0 Å². The predicted octanol–water partition coefficient (Wildman–Crippen LogP) is 5.74. The predicted molar refractivity (Wildman–Crippen MR) is 137 cm³/mol. The van der Waals surface area contributed by atoms with E-state index in [2.05, 4.69) is 65.8 Å². The quantitative estimate of drug-likeness (QED) is 0.253. The molecular formula is C25H28ClN5OS. The number of allylic oxidation sites excluding steroid dienone is 1. The summed E-state index contributed by atoms with van der Waals surface area (Å²) in [5.74, 6) is 0.706. The molecule has 1 heterocycles. The Balaban J connectivity index is 1.58. The number of thioether (sulfide) groups is 1. The lowest BCUT2D eigenvalue weighted by Gasteiger charge is -2.19. The second-order valence-electron chi connectivity index (χ2n) is 8.40. The van der Waals surface area contributed by atoms with Crippen LogP contribution >= 0.6 is 23.4 Å². The third-order valence-corrected chi connectivity index (χ3v) is 6.03. The molecule has 3 rings (SSSR count). The van der Waals surface area contributed by atoms with E-state index in [9.17, 15) is 4.79 Å². The van der Waals surface area contributed by atoms with Crippen molar-refractivity contribution < 1.29 is 4.79 Å². The summed E-state index contributed by atoms with van der Waals surface area (Å²) in [6.07, 6.45) is 3.18. The maximum Gasteiger partial charge on any atom is 0.250 e. The van der Waals surface area contributed by atoms with E-state index in [4.69, 9.17) is 11.6 Å². The molecule has 1 aromatic heterocycles. The van der Waals surface area contributed by atoms with Crippen molar-refractivity contribution in [1.82, 2.24) is 20.2 Å². The first kappa shape index (κ1) is 24.7. The van der Waals surface area contributed by atoms with Crippen molar-refractivity contribution in [2.75, 3.05) is 5.75 Å². The van der Waals surface area contributed by atoms with Crippen LogP contribution in [0.5, 0.6) is 0 Å². The SMILES string of the molecule is CCn1c(SCC(=O)N/N=C/C(Cl)=C/c2ccccc2)nnc1-c1ccc(C(C)(C)C)cc1. The van der Waals surface area contributed by atoms with Crippen molar-refractivity contribution >= 4 is 41.6 Å². The van der Waals surface area contributed by atoms with Crippen LogP contribution in [0.1, 0.15) is 38.8 Å². The first-order valence-electron chi connectivity index (χ1n) is 10.7. The topological polar surface area (TPSA) is 72.2 Å². The number of benzene rings is 2. The summed E-state index contributed by atoms with van der Waals surface area (Å²) in [5.41, 5.74) is 5.80. The summed E-state index contributed by atoms with van der Waals surface area (Å²) < 4.78 is 2.01. The van der Waals surface area contributed by atoms with Crippen molar-refractivity contribution in [1.29, 1.82) is 0 Å². The van der Waals surface area contributed by atoms with Gasteiger partial charge in [-0.05, 0) is 29.5 Å². The number of hydrogen-bond acceptors (Lipinski definition) is 5. The van der Waals surface area contributed by atoms with Gasteiger partial charge >= 0.3 is 0 Å². The van der Waals surface area contributed by atoms with E-state index in [-0.39, 0.29) is 17.1 Å². The standard InChI is InChI=1S/C25H28ClN5OS/c1-5-31-23(19-11-13-20(14-12-19)25(2,3)4)29-30-24(31)33-17-22(32)28-27-16-21(26)15-18-9-7-6-8-10-18/h6-16H,5,17H2,1-4H3,(H,28,32)/b21-15-,27-16+. The Hall–Kier alpha value is -2.90. The zero-order valence-corrected chi connectivity index (χ0v) is 20.8. The van der Waals surface area contributed by atoms with Crippen LogP contribution < -0.4 is 5.43 Å². The Morgan fingerprint density at radius 2 is 1.82 bits per heavy atom. The van der Waals surface area contributed by atoms with E-state index in [1.165, 1.54) is 23.5 Å². The smallest absolute Gasteiger partial charge is 0.250 e. The molecule has 0 atom stereocenters. The van der Waals surface area contributed by atoms with Gasteiger partial charge in [0.25, 0.3) is 5.91 Å². The van der Waals surface area contributed by atoms with Crippen molar-refractivity contribution in [3.63, 3.8) is 0 Å². The van der Waals surface area contributed by atoms with Gasteiger partial charge in [-0.3, -0.25) is 4.79 Å². The third kappa shape index (κ3) is 7.04. The maximum atomic E-state index is 12.2. The van der Waals surface area contributed by atoms with Gasteiger partial charge in [-0.1, -0.05) is 98.7 Å². The van der Waals surface area contributed by atoms with Crippen LogP contribution in [0.15, 0.2) is 69.9 Å². The number of amides is 1. The molecule has 33 heavy (non-hydrogen) atoms. The normalized spacial score (nSPS) is 12.3. The first-order valence-corrected chi connectivity index (χ1v) is 12.1. The summed E-state index contributed by atoms with van der Waals surface area (Å²) in [5, 5.41) is 13.7. The molecule has 0 unspecified atom stereocenters. The van der Waals surface area contributed by atoms with Crippen molar-refractivity contribution in [3.05, 3.63) is 70.8 Å². The molecule has 0 aliphatic carbocycles. The van der Waals surface area contributed by atoms with E-state index >= 15 is 0 Å². The number of carbonyl (C=O) groups is 1. The summed E-state index contributed by atoms with van der Waals surface area (Å²) >= 11 is 7.46. The second-order valence-corrected chi connectivity index (χ2v) is 9.78. The van der Waals surface area contributed by atoms with E-state index in [0.717, 1.165) is 17.0 Å². The molecular weight excluding hydrogens is 454 g/mol. The third-order valence-electron chi connectivity index (χ3n) is 4.86. The van der Waals surface area contributed by atoms with Gasteiger partial charge in [-0.25, -0.2) is 5.43 Å². The lowest BCUT2D eigenvalue weighted by Crippen LogP contribution is -2.19. The Bertz CT molecular complexity index is 1130. The number of aromatic nitrogens is 3. The summed E-state index contributed by atoms with van der Waals surface area (Å²) in [7, 11) is 0. The highest BCUT2D eigenvalue weighted by Crippen LogP contribution is 2.27. The summed E-state index contributed by atoms with van der Waals surface area (Å²) in [6, 6.07) is 18.0. The maximum absolute atomic E-state index is 12.2. The molecule has 1 N–H and O–H groups in total. The highest BCUT2D eigenvalue weighted by atomic mass is 35.5. The first-order chi connectivity index (χ1) is 15.8. The number of nitrogens with one attached hydrogen (secondary N) is 1. The molecule has 1 amide bonds. The van der Waals surface area contributed by atoms with Crippen LogP contribution in [-0.4, -0.2) is 32.6 Å². The Labute approximate surface area is 204 Å². The van der Waals surface area contributed by atoms with Crippen LogP contribution in [0.25, 0.3) is 17.5 Å². The number of halogens is 1. The molecule has 172 valence electrons. The molecule has 0 saturated carbocycles. The molecule has 0 aliphatic rings. The minimum atomic E-state index is -0.248. The molecule has 6 nitrogen and oxygen atoms in total. The van der Waals surface area contributed by atoms with E-state index in [1.807, 2.05) is 41.8 Å². The Morgan fingerprint density at radius 3 is 2.45 bits per heavy atom. The van der Waals surface area contributed by atoms with Gasteiger partial charge in [0.15, 0.2) is 11.0 Å². The average Bonchev–Trinajstić information content (AvgIpc) is 3.21. The number of carbonyl (C=O) groups excluding carboxylic acids is 1. The molecule has 0 aliphatic heterocycles. The van der Waals surface area contributed by atoms with E-state index in [1.54, 1.807) is 6.08 Å². The molecule has 0 radical (unpaired) electrons. The van der Waals surface area contributed by atoms with Crippen molar-refractivity contribution in [2.45, 2.75) is 44.8 Å². The van der Waals surface area contributed by atoms with E-state index < -0.39 is 0 Å². The monoisotopic (exact) mass is 481 g/mol.